The predicted molar refractivity (Wildman–Crippen MR) is 164 cm³/mol. The summed E-state index contributed by atoms with van der Waals surface area (Å²) in [7, 11) is -4.14. The first-order valence-electron chi connectivity index (χ1n) is 12.4. The van der Waals surface area contributed by atoms with Crippen LogP contribution in [0.4, 0.5) is 14.5 Å². The zero-order valence-corrected chi connectivity index (χ0v) is 25.0. The smallest absolute Gasteiger partial charge is 0.266 e. The Morgan fingerprint density at radius 2 is 1.60 bits per heavy atom. The van der Waals surface area contributed by atoms with Gasteiger partial charge in [0, 0.05) is 33.8 Å². The standard InChI is InChI=1S/C30H18Cl3F2N3O4S/c1-2-12-43(41,42)37-24-11-10-23(34)26(27(24)35)28(39)20-15-38(30(40)25-21(32)4-3-5-22(25)33)29-19(20)13-17(14-36-29)16-6-8-18(31)9-7-16/h2-15,37H,1H3/b12-2+. The lowest BCUT2D eigenvalue weighted by molar-refractivity contribution is 0.0964. The molecule has 5 rings (SSSR count). The molecule has 0 fully saturated rings. The van der Waals surface area contributed by atoms with Crippen molar-refractivity contribution in [3.05, 3.63) is 128 Å². The maximum absolute atomic E-state index is 15.6. The Kier molecular flexibility index (Phi) is 8.40. The van der Waals surface area contributed by atoms with Gasteiger partial charge in [-0.1, -0.05) is 59.1 Å². The average molecular weight is 661 g/mol. The van der Waals surface area contributed by atoms with Gasteiger partial charge in [-0.2, -0.15) is 0 Å². The van der Waals surface area contributed by atoms with Crippen molar-refractivity contribution >= 4 is 73.2 Å². The second kappa shape index (κ2) is 11.9. The topological polar surface area (TPSA) is 98.1 Å². The van der Waals surface area contributed by atoms with Crippen molar-refractivity contribution < 1.29 is 26.8 Å². The maximum Gasteiger partial charge on any atom is 0.266 e. The van der Waals surface area contributed by atoms with E-state index in [4.69, 9.17) is 34.8 Å². The molecule has 3 aromatic carbocycles. The molecular weight excluding hydrogens is 643 g/mol. The van der Waals surface area contributed by atoms with E-state index < -0.39 is 44.6 Å². The molecular formula is C30H18Cl3F2N3O4S. The van der Waals surface area contributed by atoms with E-state index in [1.165, 1.54) is 37.4 Å². The van der Waals surface area contributed by atoms with Gasteiger partial charge in [-0.05, 0) is 55.0 Å². The number of pyridine rings is 1. The van der Waals surface area contributed by atoms with E-state index in [1.54, 1.807) is 30.3 Å². The highest BCUT2D eigenvalue weighted by Gasteiger charge is 2.29. The fourth-order valence-electron chi connectivity index (χ4n) is 4.41. The lowest BCUT2D eigenvalue weighted by Crippen LogP contribution is -2.15. The van der Waals surface area contributed by atoms with Gasteiger partial charge in [0.1, 0.15) is 11.5 Å². The molecule has 0 amide bonds. The molecule has 0 aliphatic rings. The zero-order chi connectivity index (χ0) is 31.1. The molecule has 7 nitrogen and oxygen atoms in total. The van der Waals surface area contributed by atoms with Gasteiger partial charge in [0.05, 0.1) is 32.4 Å². The average Bonchev–Trinajstić information content (AvgIpc) is 3.34. The minimum atomic E-state index is -4.14. The number of anilines is 1. The largest absolute Gasteiger partial charge is 0.288 e. The summed E-state index contributed by atoms with van der Waals surface area (Å²) in [6.07, 6.45) is 3.75. The van der Waals surface area contributed by atoms with E-state index in [-0.39, 0.29) is 32.2 Å². The molecule has 0 aliphatic carbocycles. The molecule has 0 spiro atoms. The molecule has 43 heavy (non-hydrogen) atoms. The number of benzene rings is 3. The first-order valence-corrected chi connectivity index (χ1v) is 15.0. The number of allylic oxidation sites excluding steroid dienone is 1. The van der Waals surface area contributed by atoms with Crippen molar-refractivity contribution in [3.63, 3.8) is 0 Å². The van der Waals surface area contributed by atoms with E-state index in [0.717, 1.165) is 28.3 Å². The fraction of sp³-hybridized carbons (Fsp3) is 0.0333. The Bertz CT molecular complexity index is 2060. The first-order chi connectivity index (χ1) is 20.4. The molecule has 2 heterocycles. The van der Waals surface area contributed by atoms with Crippen LogP contribution in [0.2, 0.25) is 15.1 Å². The molecule has 0 bridgehead atoms. The maximum atomic E-state index is 15.6. The molecule has 1 N–H and O–H groups in total. The minimum absolute atomic E-state index is 0.0205. The second-order valence-electron chi connectivity index (χ2n) is 9.15. The highest BCUT2D eigenvalue weighted by Crippen LogP contribution is 2.33. The SMILES string of the molecule is C/C=C/S(=O)(=O)Nc1ccc(F)c(C(=O)c2cn(C(=O)c3c(Cl)cccc3Cl)c3ncc(-c4ccc(Cl)cc4)cc23)c1F. The van der Waals surface area contributed by atoms with Crippen LogP contribution in [0.25, 0.3) is 22.2 Å². The number of carbonyl (C=O) groups is 2. The lowest BCUT2D eigenvalue weighted by atomic mass is 10.00. The molecule has 0 saturated carbocycles. The number of hydrogen-bond donors (Lipinski definition) is 1. The first kappa shape index (κ1) is 30.4. The second-order valence-corrected chi connectivity index (χ2v) is 12.0. The molecule has 0 radical (unpaired) electrons. The Morgan fingerprint density at radius 3 is 2.26 bits per heavy atom. The van der Waals surface area contributed by atoms with E-state index in [1.807, 2.05) is 4.72 Å². The van der Waals surface area contributed by atoms with Gasteiger partial charge in [0.2, 0.25) is 5.78 Å². The van der Waals surface area contributed by atoms with E-state index >= 15 is 8.78 Å². The highest BCUT2D eigenvalue weighted by molar-refractivity contribution is 7.95. The van der Waals surface area contributed by atoms with Crippen molar-refractivity contribution in [2.24, 2.45) is 0 Å². The van der Waals surface area contributed by atoms with Gasteiger partial charge >= 0.3 is 0 Å². The number of ketones is 1. The molecule has 0 aliphatic heterocycles. The summed E-state index contributed by atoms with van der Waals surface area (Å²) < 4.78 is 58.1. The molecule has 0 unspecified atom stereocenters. The number of hydrogen-bond acceptors (Lipinski definition) is 5. The Balaban J connectivity index is 1.73. The summed E-state index contributed by atoms with van der Waals surface area (Å²) in [5.74, 6) is -4.61. The van der Waals surface area contributed by atoms with Crippen LogP contribution in [0.3, 0.4) is 0 Å². The number of rotatable bonds is 7. The summed E-state index contributed by atoms with van der Waals surface area (Å²) in [5.41, 5.74) is -0.918. The number of carbonyl (C=O) groups excluding carboxylic acids is 2. The van der Waals surface area contributed by atoms with Gasteiger partial charge in [-0.15, -0.1) is 0 Å². The van der Waals surface area contributed by atoms with Crippen LogP contribution in [0, 0.1) is 11.6 Å². The monoisotopic (exact) mass is 659 g/mol. The van der Waals surface area contributed by atoms with Gasteiger partial charge in [0.25, 0.3) is 15.9 Å². The number of nitrogens with one attached hydrogen (secondary N) is 1. The number of fused-ring (bicyclic) bond motifs is 1. The summed E-state index contributed by atoms with van der Waals surface area (Å²) >= 11 is 18.5. The number of aromatic nitrogens is 2. The predicted octanol–water partition coefficient (Wildman–Crippen LogP) is 8.14. The lowest BCUT2D eigenvalue weighted by Gasteiger charge is -2.10. The van der Waals surface area contributed by atoms with Gasteiger partial charge in [-0.25, -0.2) is 22.2 Å². The number of sulfonamides is 1. The van der Waals surface area contributed by atoms with Gasteiger partial charge in [0.15, 0.2) is 5.82 Å². The van der Waals surface area contributed by atoms with Crippen LogP contribution in [0.1, 0.15) is 33.2 Å². The van der Waals surface area contributed by atoms with E-state index in [9.17, 15) is 18.0 Å². The Labute approximate surface area is 259 Å². The summed E-state index contributed by atoms with van der Waals surface area (Å²) in [6.45, 7) is 1.44. The molecule has 0 saturated heterocycles. The van der Waals surface area contributed by atoms with Crippen LogP contribution in [-0.4, -0.2) is 29.7 Å². The van der Waals surface area contributed by atoms with Crippen LogP contribution < -0.4 is 4.72 Å². The fourth-order valence-corrected chi connectivity index (χ4v) is 5.98. The van der Waals surface area contributed by atoms with Gasteiger partial charge < -0.3 is 0 Å². The van der Waals surface area contributed by atoms with Crippen LogP contribution in [0.15, 0.2) is 84.5 Å². The van der Waals surface area contributed by atoms with Crippen molar-refractivity contribution in [1.29, 1.82) is 0 Å². The van der Waals surface area contributed by atoms with Crippen LogP contribution in [0.5, 0.6) is 0 Å². The minimum Gasteiger partial charge on any atom is -0.288 e. The molecule has 0 atom stereocenters. The summed E-state index contributed by atoms with van der Waals surface area (Å²) in [5, 5.41) is 1.40. The molecule has 5 aromatic rings. The highest BCUT2D eigenvalue weighted by atomic mass is 35.5. The van der Waals surface area contributed by atoms with E-state index in [2.05, 4.69) is 4.98 Å². The number of nitrogens with zero attached hydrogens (tertiary/aromatic N) is 2. The Morgan fingerprint density at radius 1 is 0.930 bits per heavy atom. The zero-order valence-electron chi connectivity index (χ0n) is 21.9. The normalized spacial score (nSPS) is 11.8. The summed E-state index contributed by atoms with van der Waals surface area (Å²) in [4.78, 5) is 31.9. The Hall–Kier alpha value is -4.09. The molecule has 218 valence electrons. The third-order valence-corrected chi connectivity index (χ3v) is 8.36. The summed E-state index contributed by atoms with van der Waals surface area (Å²) in [6, 6.07) is 14.3. The quantitative estimate of drug-likeness (QED) is 0.178. The molecule has 13 heteroatoms. The third-order valence-electron chi connectivity index (χ3n) is 6.35. The van der Waals surface area contributed by atoms with E-state index in [0.29, 0.717) is 16.1 Å². The van der Waals surface area contributed by atoms with Crippen molar-refractivity contribution in [1.82, 2.24) is 9.55 Å². The van der Waals surface area contributed by atoms with Crippen LogP contribution >= 0.6 is 34.8 Å². The third kappa shape index (κ3) is 5.92. The van der Waals surface area contributed by atoms with Crippen LogP contribution in [-0.2, 0) is 10.0 Å². The van der Waals surface area contributed by atoms with Crippen molar-refractivity contribution in [2.45, 2.75) is 6.92 Å². The van der Waals surface area contributed by atoms with Crippen molar-refractivity contribution in [3.8, 4) is 11.1 Å². The van der Waals surface area contributed by atoms with Gasteiger partial charge in [-0.3, -0.25) is 18.9 Å². The van der Waals surface area contributed by atoms with Crippen molar-refractivity contribution in [2.75, 3.05) is 4.72 Å². The molecule has 2 aromatic heterocycles. The number of halogens is 5.